The number of alkyl halides is 3. The number of nitroso groups, excluding NO2 is 1. The largest absolute Gasteiger partial charge is 0.417 e. The van der Waals surface area contributed by atoms with Crippen LogP contribution >= 0.6 is 0 Å². The summed E-state index contributed by atoms with van der Waals surface area (Å²) in [6.07, 6.45) is -4.56. The summed E-state index contributed by atoms with van der Waals surface area (Å²) in [5, 5.41) is 11.5. The molecule has 0 aromatic heterocycles. The van der Waals surface area contributed by atoms with Crippen molar-refractivity contribution in [2.45, 2.75) is 12.2 Å². The molecular formula is C11H8F3N3O. The minimum atomic E-state index is -4.56. The molecule has 94 valence electrons. The lowest BCUT2D eigenvalue weighted by Gasteiger charge is -2.37. The number of halogens is 3. The highest BCUT2D eigenvalue weighted by Crippen LogP contribution is 2.35. The van der Waals surface area contributed by atoms with Crippen molar-refractivity contribution in [3.05, 3.63) is 34.2 Å². The van der Waals surface area contributed by atoms with E-state index in [1.165, 1.54) is 12.1 Å². The summed E-state index contributed by atoms with van der Waals surface area (Å²) in [6, 6.07) is 4.66. The van der Waals surface area contributed by atoms with Crippen molar-refractivity contribution in [1.82, 2.24) is 0 Å². The molecule has 1 aliphatic heterocycles. The summed E-state index contributed by atoms with van der Waals surface area (Å²) in [6.45, 7) is 0.624. The van der Waals surface area contributed by atoms with Gasteiger partial charge < -0.3 is 4.90 Å². The normalized spacial score (nSPS) is 16.0. The smallest absolute Gasteiger partial charge is 0.367 e. The molecule has 0 unspecified atom stereocenters. The molecule has 0 aliphatic carbocycles. The fourth-order valence-corrected chi connectivity index (χ4v) is 1.79. The van der Waals surface area contributed by atoms with Gasteiger partial charge in [-0.05, 0) is 18.2 Å². The first-order valence-electron chi connectivity index (χ1n) is 5.14. The van der Waals surface area contributed by atoms with E-state index in [4.69, 9.17) is 5.26 Å². The van der Waals surface area contributed by atoms with Gasteiger partial charge in [0.2, 0.25) is 0 Å². The van der Waals surface area contributed by atoms with Gasteiger partial charge in [-0.1, -0.05) is 5.18 Å². The maximum atomic E-state index is 12.7. The summed E-state index contributed by atoms with van der Waals surface area (Å²) in [5.74, 6) is 0. The fourth-order valence-electron chi connectivity index (χ4n) is 1.79. The summed E-state index contributed by atoms with van der Waals surface area (Å²) >= 11 is 0. The lowest BCUT2D eigenvalue weighted by Crippen LogP contribution is -2.49. The van der Waals surface area contributed by atoms with Crippen LogP contribution in [0.3, 0.4) is 0 Å². The highest BCUT2D eigenvalue weighted by atomic mass is 19.4. The van der Waals surface area contributed by atoms with Gasteiger partial charge in [-0.15, -0.1) is 0 Å². The van der Waals surface area contributed by atoms with Gasteiger partial charge in [-0.2, -0.15) is 23.3 Å². The molecular weight excluding hydrogens is 247 g/mol. The SMILES string of the molecule is N#Cc1ccc(N2CC(N=O)C2)cc1C(F)(F)F. The molecule has 0 saturated carbocycles. The number of anilines is 1. The Bertz CT molecular complexity index is 515. The predicted molar refractivity (Wildman–Crippen MR) is 58.0 cm³/mol. The van der Waals surface area contributed by atoms with Crippen molar-refractivity contribution in [2.75, 3.05) is 18.0 Å². The third-order valence-corrected chi connectivity index (χ3v) is 2.81. The molecule has 1 aliphatic rings. The summed E-state index contributed by atoms with van der Waals surface area (Å²) in [7, 11) is 0. The van der Waals surface area contributed by atoms with E-state index in [0.29, 0.717) is 18.8 Å². The van der Waals surface area contributed by atoms with Crippen molar-refractivity contribution in [1.29, 1.82) is 5.26 Å². The van der Waals surface area contributed by atoms with Crippen LogP contribution in [0.2, 0.25) is 0 Å². The molecule has 0 atom stereocenters. The first kappa shape index (κ1) is 12.4. The number of nitriles is 1. The van der Waals surface area contributed by atoms with Crippen LogP contribution in [0.25, 0.3) is 0 Å². The van der Waals surface area contributed by atoms with Gasteiger partial charge in [0.15, 0.2) is 0 Å². The highest BCUT2D eigenvalue weighted by Gasteiger charge is 2.35. The third-order valence-electron chi connectivity index (χ3n) is 2.81. The first-order valence-corrected chi connectivity index (χ1v) is 5.14. The zero-order valence-electron chi connectivity index (χ0n) is 9.11. The van der Waals surface area contributed by atoms with Crippen LogP contribution in [0.5, 0.6) is 0 Å². The molecule has 2 rings (SSSR count). The van der Waals surface area contributed by atoms with E-state index in [1.54, 1.807) is 4.90 Å². The maximum absolute atomic E-state index is 12.7. The van der Waals surface area contributed by atoms with E-state index in [0.717, 1.165) is 12.1 Å². The minimum absolute atomic E-state index is 0.312. The van der Waals surface area contributed by atoms with Crippen molar-refractivity contribution < 1.29 is 13.2 Å². The van der Waals surface area contributed by atoms with Gasteiger partial charge >= 0.3 is 6.18 Å². The lowest BCUT2D eigenvalue weighted by molar-refractivity contribution is -0.137. The van der Waals surface area contributed by atoms with Crippen LogP contribution in [0.15, 0.2) is 23.4 Å². The second-order valence-electron chi connectivity index (χ2n) is 4.00. The second kappa shape index (κ2) is 4.29. The Morgan fingerprint density at radius 1 is 1.39 bits per heavy atom. The second-order valence-corrected chi connectivity index (χ2v) is 4.00. The Labute approximate surface area is 101 Å². The number of nitrogens with zero attached hydrogens (tertiary/aromatic N) is 3. The number of rotatable bonds is 2. The van der Waals surface area contributed by atoms with E-state index >= 15 is 0 Å². The summed E-state index contributed by atoms with van der Waals surface area (Å²) in [5.41, 5.74) is -1.01. The van der Waals surface area contributed by atoms with Crippen LogP contribution in [0.4, 0.5) is 18.9 Å². The monoisotopic (exact) mass is 255 g/mol. The Kier molecular flexibility index (Phi) is 2.95. The minimum Gasteiger partial charge on any atom is -0.367 e. The number of hydrogen-bond acceptors (Lipinski definition) is 4. The molecule has 0 bridgehead atoms. The van der Waals surface area contributed by atoms with Gasteiger partial charge in [-0.25, -0.2) is 0 Å². The first-order chi connectivity index (χ1) is 8.45. The molecule has 1 saturated heterocycles. The molecule has 1 heterocycles. The molecule has 1 fully saturated rings. The molecule has 0 amide bonds. The maximum Gasteiger partial charge on any atom is 0.417 e. The number of hydrogen-bond donors (Lipinski definition) is 0. The van der Waals surface area contributed by atoms with Crippen molar-refractivity contribution in [2.24, 2.45) is 5.18 Å². The van der Waals surface area contributed by atoms with Gasteiger partial charge in [0.05, 0.1) is 17.2 Å². The Balaban J connectivity index is 2.30. The zero-order chi connectivity index (χ0) is 13.3. The van der Waals surface area contributed by atoms with E-state index in [1.807, 2.05) is 0 Å². The van der Waals surface area contributed by atoms with Crippen LogP contribution in [0.1, 0.15) is 11.1 Å². The summed E-state index contributed by atoms with van der Waals surface area (Å²) in [4.78, 5) is 11.8. The Morgan fingerprint density at radius 2 is 2.06 bits per heavy atom. The summed E-state index contributed by atoms with van der Waals surface area (Å²) < 4.78 is 38.1. The average Bonchev–Trinajstić information content (AvgIpc) is 2.26. The Morgan fingerprint density at radius 3 is 2.56 bits per heavy atom. The van der Waals surface area contributed by atoms with E-state index in [2.05, 4.69) is 5.18 Å². The van der Waals surface area contributed by atoms with Crippen LogP contribution in [-0.4, -0.2) is 19.1 Å². The molecule has 0 radical (unpaired) electrons. The van der Waals surface area contributed by atoms with E-state index < -0.39 is 17.3 Å². The molecule has 0 spiro atoms. The van der Waals surface area contributed by atoms with Gasteiger partial charge in [0.1, 0.15) is 6.04 Å². The van der Waals surface area contributed by atoms with Crippen LogP contribution < -0.4 is 4.90 Å². The quantitative estimate of drug-likeness (QED) is 0.763. The van der Waals surface area contributed by atoms with Crippen molar-refractivity contribution in [3.8, 4) is 6.07 Å². The predicted octanol–water partition coefficient (Wildman–Crippen LogP) is 2.53. The van der Waals surface area contributed by atoms with E-state index in [9.17, 15) is 18.1 Å². The number of benzene rings is 1. The van der Waals surface area contributed by atoms with Crippen LogP contribution in [-0.2, 0) is 6.18 Å². The molecule has 7 heteroatoms. The molecule has 1 aromatic rings. The molecule has 4 nitrogen and oxygen atoms in total. The van der Waals surface area contributed by atoms with Gasteiger partial charge in [0.25, 0.3) is 0 Å². The topological polar surface area (TPSA) is 56.5 Å². The standard InChI is InChI=1S/C11H8F3N3O/c12-11(13,14)10-3-9(2-1-7(10)4-15)17-5-8(6-17)16-18/h1-3,8H,5-6H2. The molecule has 0 N–H and O–H groups in total. The van der Waals surface area contributed by atoms with Crippen molar-refractivity contribution in [3.63, 3.8) is 0 Å². The van der Waals surface area contributed by atoms with Crippen LogP contribution in [0, 0.1) is 16.2 Å². The molecule has 1 aromatic carbocycles. The highest BCUT2D eigenvalue weighted by molar-refractivity contribution is 5.56. The van der Waals surface area contributed by atoms with Gasteiger partial charge in [0, 0.05) is 18.8 Å². The molecule has 18 heavy (non-hydrogen) atoms. The zero-order valence-corrected chi connectivity index (χ0v) is 9.11. The lowest BCUT2D eigenvalue weighted by atomic mass is 10.0. The Hall–Kier alpha value is -2.10. The average molecular weight is 255 g/mol. The third kappa shape index (κ3) is 2.14. The van der Waals surface area contributed by atoms with E-state index in [-0.39, 0.29) is 6.04 Å². The van der Waals surface area contributed by atoms with Gasteiger partial charge in [-0.3, -0.25) is 0 Å². The fraction of sp³-hybridized carbons (Fsp3) is 0.364. The van der Waals surface area contributed by atoms with Crippen molar-refractivity contribution >= 4 is 5.69 Å².